The van der Waals surface area contributed by atoms with Gasteiger partial charge in [-0.2, -0.15) is 0 Å². The quantitative estimate of drug-likeness (QED) is 0.577. The van der Waals surface area contributed by atoms with Crippen LogP contribution >= 0.6 is 6.34 Å². The highest BCUT2D eigenvalue weighted by Gasteiger charge is 2.04. The van der Waals surface area contributed by atoms with E-state index in [1.807, 2.05) is 0 Å². The summed E-state index contributed by atoms with van der Waals surface area (Å²) in [7, 11) is 0. The molecule has 0 aliphatic carbocycles. The van der Waals surface area contributed by atoms with Crippen molar-refractivity contribution in [2.45, 2.75) is 13.8 Å². The van der Waals surface area contributed by atoms with Gasteiger partial charge in [-0.25, -0.2) is 0 Å². The predicted octanol–water partition coefficient (Wildman–Crippen LogP) is 0.869. The molecule has 0 bridgehead atoms. The maximum absolute atomic E-state index is 5.44. The third-order valence-corrected chi connectivity index (χ3v) is 2.40. The summed E-state index contributed by atoms with van der Waals surface area (Å²) in [5.41, 5.74) is 10.9. The lowest BCUT2D eigenvalue weighted by atomic mass is 10.3. The molecule has 0 radical (unpaired) electrons. The van der Waals surface area contributed by atoms with Crippen LogP contribution in [0.5, 0.6) is 0 Å². The molecule has 0 saturated carbocycles. The first-order valence-electron chi connectivity index (χ1n) is 2.58. The summed E-state index contributed by atoms with van der Waals surface area (Å²) < 4.78 is 0. The van der Waals surface area contributed by atoms with E-state index in [0.29, 0.717) is 5.92 Å². The fourth-order valence-corrected chi connectivity index (χ4v) is 2.61. The third kappa shape index (κ3) is 6.57. The van der Waals surface area contributed by atoms with Crippen molar-refractivity contribution in [2.24, 2.45) is 16.9 Å². The van der Waals surface area contributed by atoms with Crippen molar-refractivity contribution in [3.05, 3.63) is 0 Å². The van der Waals surface area contributed by atoms with Crippen LogP contribution in [0.2, 0.25) is 0 Å². The molecule has 0 saturated heterocycles. The Kier molecular flexibility index (Phi) is 3.13. The van der Waals surface area contributed by atoms with E-state index >= 15 is 0 Å². The molecule has 0 aromatic rings. The minimum atomic E-state index is -1.89. The van der Waals surface area contributed by atoms with E-state index in [9.17, 15) is 0 Å². The molecule has 0 rings (SSSR count). The summed E-state index contributed by atoms with van der Waals surface area (Å²) in [4.78, 5) is 0. The second kappa shape index (κ2) is 2.92. The molecule has 8 heavy (non-hydrogen) atoms. The van der Waals surface area contributed by atoms with E-state index in [-0.39, 0.29) is 0 Å². The number of nitrogens with two attached hydrogens (primary N) is 2. The molecule has 0 aromatic heterocycles. The molecule has 0 atom stereocenters. The van der Waals surface area contributed by atoms with E-state index in [4.69, 9.17) is 22.8 Å². The Morgan fingerprint density at radius 2 is 1.88 bits per heavy atom. The van der Waals surface area contributed by atoms with Crippen LogP contribution in [0.15, 0.2) is 0 Å². The van der Waals surface area contributed by atoms with Crippen molar-refractivity contribution in [3.8, 4) is 0 Å². The zero-order valence-electron chi connectivity index (χ0n) is 5.29. The van der Waals surface area contributed by atoms with Gasteiger partial charge >= 0.3 is 0 Å². The summed E-state index contributed by atoms with van der Waals surface area (Å²) in [5.74, 6) is 0.538. The maximum Gasteiger partial charge on any atom is 0.0673 e. The molecule has 4 N–H and O–H groups in total. The highest BCUT2D eigenvalue weighted by atomic mass is 32.4. The SMILES string of the molecule is CC(C)CP(N)(N)=S. The van der Waals surface area contributed by atoms with Crippen LogP contribution < -0.4 is 11.0 Å². The second-order valence-electron chi connectivity index (χ2n) is 2.43. The van der Waals surface area contributed by atoms with Gasteiger partial charge in [0.2, 0.25) is 0 Å². The molecule has 0 unspecified atom stereocenters. The lowest BCUT2D eigenvalue weighted by molar-refractivity contribution is 0.743. The summed E-state index contributed by atoms with van der Waals surface area (Å²) in [6, 6.07) is 0. The van der Waals surface area contributed by atoms with Crippen LogP contribution in [0.1, 0.15) is 13.8 Å². The van der Waals surface area contributed by atoms with Crippen LogP contribution in [-0.4, -0.2) is 6.16 Å². The molecule has 50 valence electrons. The average Bonchev–Trinajstić information content (AvgIpc) is 1.21. The van der Waals surface area contributed by atoms with Gasteiger partial charge in [0.15, 0.2) is 0 Å². The fourth-order valence-electron chi connectivity index (χ4n) is 0.571. The first-order valence-corrected chi connectivity index (χ1v) is 5.70. The molecular weight excluding hydrogens is 139 g/mol. The number of hydrogen-bond donors (Lipinski definition) is 2. The van der Waals surface area contributed by atoms with E-state index in [1.165, 1.54) is 0 Å². The average molecular weight is 152 g/mol. The molecule has 4 heteroatoms. The Balaban J connectivity index is 3.56. The zero-order chi connectivity index (χ0) is 6.78. The summed E-state index contributed by atoms with van der Waals surface area (Å²) in [5, 5.41) is 0. The first-order chi connectivity index (χ1) is 3.42. The minimum Gasteiger partial charge on any atom is -0.291 e. The smallest absolute Gasteiger partial charge is 0.0673 e. The van der Waals surface area contributed by atoms with Crippen LogP contribution in [0.3, 0.4) is 0 Å². The molecule has 2 nitrogen and oxygen atoms in total. The highest BCUT2D eigenvalue weighted by Crippen LogP contribution is 2.27. The van der Waals surface area contributed by atoms with Gasteiger partial charge < -0.3 is 0 Å². The molecule has 0 aliphatic rings. The van der Waals surface area contributed by atoms with Crippen molar-refractivity contribution >= 4 is 18.1 Å². The van der Waals surface area contributed by atoms with Crippen molar-refractivity contribution in [1.29, 1.82) is 0 Å². The van der Waals surface area contributed by atoms with Gasteiger partial charge in [0.25, 0.3) is 0 Å². The van der Waals surface area contributed by atoms with Gasteiger partial charge in [0.05, 0.1) is 6.34 Å². The van der Waals surface area contributed by atoms with Gasteiger partial charge in [-0.15, -0.1) is 0 Å². The van der Waals surface area contributed by atoms with Crippen molar-refractivity contribution in [3.63, 3.8) is 0 Å². The Morgan fingerprint density at radius 1 is 1.50 bits per heavy atom. The van der Waals surface area contributed by atoms with Crippen LogP contribution in [0.25, 0.3) is 0 Å². The highest BCUT2D eigenvalue weighted by molar-refractivity contribution is 8.12. The standard InChI is InChI=1S/C4H13N2PS/c1-4(2)3-7(5,6)8/h4H,3H2,1-2H3,(H4,5,6,8). The van der Waals surface area contributed by atoms with E-state index in [0.717, 1.165) is 6.16 Å². The van der Waals surface area contributed by atoms with E-state index < -0.39 is 6.34 Å². The summed E-state index contributed by atoms with van der Waals surface area (Å²) in [6.45, 7) is 4.14. The van der Waals surface area contributed by atoms with Gasteiger partial charge in [0.1, 0.15) is 0 Å². The summed E-state index contributed by atoms with van der Waals surface area (Å²) >= 11 is 4.83. The van der Waals surface area contributed by atoms with E-state index in [2.05, 4.69) is 13.8 Å². The Hall–Kier alpha value is 0.570. The number of hydrogen-bond acceptors (Lipinski definition) is 1. The first kappa shape index (κ1) is 8.57. The topological polar surface area (TPSA) is 52.0 Å². The van der Waals surface area contributed by atoms with Gasteiger partial charge in [0, 0.05) is 6.16 Å². The predicted molar refractivity (Wildman–Crippen MR) is 42.4 cm³/mol. The van der Waals surface area contributed by atoms with Crippen LogP contribution in [0, 0.1) is 5.92 Å². The van der Waals surface area contributed by atoms with Crippen molar-refractivity contribution in [1.82, 2.24) is 0 Å². The fraction of sp³-hybridized carbons (Fsp3) is 1.00. The molecule has 0 fully saturated rings. The largest absolute Gasteiger partial charge is 0.291 e. The molecule has 0 spiro atoms. The Labute approximate surface area is 55.7 Å². The summed E-state index contributed by atoms with van der Waals surface area (Å²) in [6.07, 6.45) is -1.08. The van der Waals surface area contributed by atoms with E-state index in [1.54, 1.807) is 0 Å². The van der Waals surface area contributed by atoms with Gasteiger partial charge in [-0.3, -0.25) is 11.0 Å². The lowest BCUT2D eigenvalue weighted by Gasteiger charge is -2.11. The maximum atomic E-state index is 5.44. The van der Waals surface area contributed by atoms with Crippen LogP contribution in [0.4, 0.5) is 0 Å². The lowest BCUT2D eigenvalue weighted by Crippen LogP contribution is -2.11. The molecule has 0 amide bonds. The third-order valence-electron chi connectivity index (χ3n) is 0.651. The van der Waals surface area contributed by atoms with Crippen molar-refractivity contribution in [2.75, 3.05) is 6.16 Å². The van der Waals surface area contributed by atoms with Gasteiger partial charge in [-0.05, 0) is 5.92 Å². The van der Waals surface area contributed by atoms with Crippen LogP contribution in [-0.2, 0) is 11.8 Å². The van der Waals surface area contributed by atoms with Crippen molar-refractivity contribution < 1.29 is 0 Å². The van der Waals surface area contributed by atoms with Gasteiger partial charge in [-0.1, -0.05) is 25.7 Å². The zero-order valence-corrected chi connectivity index (χ0v) is 7.01. The normalized spacial score (nSPS) is 12.6. The number of rotatable bonds is 2. The molecule has 0 aliphatic heterocycles. The Bertz CT molecular complexity index is 107. The molecule has 0 aromatic carbocycles. The second-order valence-corrected chi connectivity index (χ2v) is 6.54. The minimum absolute atomic E-state index is 0.538. The molecular formula is C4H13N2PS. The molecule has 0 heterocycles. The monoisotopic (exact) mass is 152 g/mol. The Morgan fingerprint density at radius 3 is 1.88 bits per heavy atom.